The van der Waals surface area contributed by atoms with E-state index >= 15 is 0 Å². The monoisotopic (exact) mass is 291 g/mol. The van der Waals surface area contributed by atoms with Gasteiger partial charge < -0.3 is 20.3 Å². The summed E-state index contributed by atoms with van der Waals surface area (Å²) in [6.07, 6.45) is 3.22. The maximum Gasteiger partial charge on any atom is 0.119 e. The van der Waals surface area contributed by atoms with E-state index in [0.717, 1.165) is 51.3 Å². The van der Waals surface area contributed by atoms with Crippen LogP contribution in [0.15, 0.2) is 18.2 Å². The second-order valence-electron chi connectivity index (χ2n) is 6.28. The van der Waals surface area contributed by atoms with Crippen LogP contribution in [0.2, 0.25) is 0 Å². The minimum absolute atomic E-state index is 0.376. The minimum atomic E-state index is 0.376. The Labute approximate surface area is 128 Å². The second-order valence-corrected chi connectivity index (χ2v) is 6.28. The van der Waals surface area contributed by atoms with Crippen LogP contribution in [0.5, 0.6) is 5.75 Å². The van der Waals surface area contributed by atoms with Crippen LogP contribution < -0.4 is 15.4 Å². The number of benzene rings is 1. The Bertz CT molecular complexity index is 440. The van der Waals surface area contributed by atoms with Gasteiger partial charge in [-0.25, -0.2) is 0 Å². The van der Waals surface area contributed by atoms with E-state index in [1.807, 2.05) is 0 Å². The largest absolute Gasteiger partial charge is 0.494 e. The van der Waals surface area contributed by atoms with Gasteiger partial charge in [0.2, 0.25) is 0 Å². The van der Waals surface area contributed by atoms with Crippen LogP contribution in [0.1, 0.15) is 24.8 Å². The second kappa shape index (κ2) is 7.66. The first kappa shape index (κ1) is 16.1. The molecule has 118 valence electrons. The third-order valence-corrected chi connectivity index (χ3v) is 4.07. The smallest absolute Gasteiger partial charge is 0.119 e. The van der Waals surface area contributed by atoms with Gasteiger partial charge in [-0.1, -0.05) is 0 Å². The lowest BCUT2D eigenvalue weighted by atomic mass is 10.0. The van der Waals surface area contributed by atoms with Crippen molar-refractivity contribution in [3.8, 4) is 5.75 Å². The third kappa shape index (κ3) is 4.90. The van der Waals surface area contributed by atoms with Gasteiger partial charge in [-0.05, 0) is 64.0 Å². The molecule has 1 saturated heterocycles. The molecule has 0 radical (unpaired) electrons. The highest BCUT2D eigenvalue weighted by atomic mass is 16.5. The molecule has 0 saturated carbocycles. The summed E-state index contributed by atoms with van der Waals surface area (Å²) in [6, 6.07) is 6.81. The fraction of sp³-hybridized carbons (Fsp3) is 0.647. The van der Waals surface area contributed by atoms with Gasteiger partial charge in [-0.15, -0.1) is 0 Å². The zero-order chi connectivity index (χ0) is 15.2. The van der Waals surface area contributed by atoms with Gasteiger partial charge in [0, 0.05) is 31.4 Å². The van der Waals surface area contributed by atoms with Gasteiger partial charge in [0.05, 0.1) is 6.61 Å². The maximum absolute atomic E-state index is 5.98. The summed E-state index contributed by atoms with van der Waals surface area (Å²) >= 11 is 0. The molecule has 1 aliphatic rings. The SMILES string of the molecule is Cc1cc(OCCCN(C)C)ccc1N1CCC(N)CC1. The van der Waals surface area contributed by atoms with Crippen molar-refractivity contribution >= 4 is 5.69 Å². The summed E-state index contributed by atoms with van der Waals surface area (Å²) in [4.78, 5) is 4.62. The van der Waals surface area contributed by atoms with Gasteiger partial charge in [0.1, 0.15) is 5.75 Å². The standard InChI is InChI=1S/C17H29N3O/c1-14-13-16(21-12-4-9-19(2)3)5-6-17(14)20-10-7-15(18)8-11-20/h5-6,13,15H,4,7-12,18H2,1-3H3. The molecule has 1 heterocycles. The quantitative estimate of drug-likeness (QED) is 0.816. The van der Waals surface area contributed by atoms with Crippen LogP contribution in [0, 0.1) is 6.92 Å². The van der Waals surface area contributed by atoms with Gasteiger partial charge in [0.15, 0.2) is 0 Å². The molecule has 1 aliphatic heterocycles. The Morgan fingerprint density at radius 3 is 2.62 bits per heavy atom. The van der Waals surface area contributed by atoms with Crippen LogP contribution in [0.4, 0.5) is 5.69 Å². The van der Waals surface area contributed by atoms with E-state index in [0.29, 0.717) is 6.04 Å². The zero-order valence-corrected chi connectivity index (χ0v) is 13.6. The van der Waals surface area contributed by atoms with E-state index in [-0.39, 0.29) is 0 Å². The average molecular weight is 291 g/mol. The number of hydrogen-bond donors (Lipinski definition) is 1. The number of nitrogens with two attached hydrogens (primary N) is 1. The fourth-order valence-corrected chi connectivity index (χ4v) is 2.78. The van der Waals surface area contributed by atoms with Crippen molar-refractivity contribution in [2.24, 2.45) is 5.73 Å². The Balaban J connectivity index is 1.88. The predicted octanol–water partition coefficient (Wildman–Crippen LogP) is 2.25. The predicted molar refractivity (Wildman–Crippen MR) is 89.3 cm³/mol. The van der Waals surface area contributed by atoms with Gasteiger partial charge in [0.25, 0.3) is 0 Å². The lowest BCUT2D eigenvalue weighted by molar-refractivity contribution is 0.281. The topological polar surface area (TPSA) is 41.7 Å². The van der Waals surface area contributed by atoms with Crippen LogP contribution in [0.3, 0.4) is 0 Å². The van der Waals surface area contributed by atoms with Crippen molar-refractivity contribution in [3.05, 3.63) is 23.8 Å². The molecule has 1 fully saturated rings. The molecule has 4 nitrogen and oxygen atoms in total. The Hall–Kier alpha value is -1.26. The Morgan fingerprint density at radius 2 is 2.00 bits per heavy atom. The zero-order valence-electron chi connectivity index (χ0n) is 13.6. The summed E-state index contributed by atoms with van der Waals surface area (Å²) < 4.78 is 5.83. The first-order valence-corrected chi connectivity index (χ1v) is 7.95. The summed E-state index contributed by atoms with van der Waals surface area (Å²) in [5.74, 6) is 0.976. The number of ether oxygens (including phenoxy) is 1. The normalized spacial score (nSPS) is 16.5. The number of rotatable bonds is 6. The highest BCUT2D eigenvalue weighted by Crippen LogP contribution is 2.27. The number of nitrogens with zero attached hydrogens (tertiary/aromatic N) is 2. The van der Waals surface area contributed by atoms with E-state index in [2.05, 4.69) is 49.0 Å². The molecule has 2 N–H and O–H groups in total. The molecule has 0 atom stereocenters. The van der Waals surface area contributed by atoms with Crippen molar-refractivity contribution in [2.45, 2.75) is 32.2 Å². The molecule has 0 amide bonds. The Kier molecular flexibility index (Phi) is 5.88. The maximum atomic E-state index is 5.98. The first-order chi connectivity index (χ1) is 10.1. The van der Waals surface area contributed by atoms with Crippen LogP contribution in [-0.2, 0) is 0 Å². The molecule has 2 rings (SSSR count). The molecular weight excluding hydrogens is 262 g/mol. The number of aryl methyl sites for hydroxylation is 1. The highest BCUT2D eigenvalue weighted by molar-refractivity contribution is 5.56. The van der Waals surface area contributed by atoms with Crippen molar-refractivity contribution in [1.29, 1.82) is 0 Å². The van der Waals surface area contributed by atoms with Crippen LogP contribution >= 0.6 is 0 Å². The van der Waals surface area contributed by atoms with Crippen molar-refractivity contribution in [2.75, 3.05) is 45.2 Å². The minimum Gasteiger partial charge on any atom is -0.494 e. The molecule has 1 aromatic rings. The van der Waals surface area contributed by atoms with E-state index < -0.39 is 0 Å². The molecule has 0 spiro atoms. The van der Waals surface area contributed by atoms with Crippen LogP contribution in [0.25, 0.3) is 0 Å². The lowest BCUT2D eigenvalue weighted by Crippen LogP contribution is -2.39. The fourth-order valence-electron chi connectivity index (χ4n) is 2.78. The summed E-state index contributed by atoms with van der Waals surface area (Å²) in [5, 5.41) is 0. The molecule has 0 aromatic heterocycles. The molecule has 21 heavy (non-hydrogen) atoms. The number of hydrogen-bond acceptors (Lipinski definition) is 4. The van der Waals surface area contributed by atoms with E-state index in [4.69, 9.17) is 10.5 Å². The molecular formula is C17H29N3O. The summed E-state index contributed by atoms with van der Waals surface area (Å²) in [6.45, 7) is 6.12. The van der Waals surface area contributed by atoms with E-state index in [1.54, 1.807) is 0 Å². The van der Waals surface area contributed by atoms with Crippen LogP contribution in [-0.4, -0.2) is 51.3 Å². The summed E-state index contributed by atoms with van der Waals surface area (Å²) in [5.41, 5.74) is 8.59. The third-order valence-electron chi connectivity index (χ3n) is 4.07. The molecule has 0 aliphatic carbocycles. The van der Waals surface area contributed by atoms with Gasteiger partial charge in [-0.2, -0.15) is 0 Å². The van der Waals surface area contributed by atoms with E-state index in [1.165, 1.54) is 11.3 Å². The first-order valence-electron chi connectivity index (χ1n) is 7.95. The number of anilines is 1. The number of piperidine rings is 1. The molecule has 0 bridgehead atoms. The van der Waals surface area contributed by atoms with Crippen molar-refractivity contribution in [3.63, 3.8) is 0 Å². The highest BCUT2D eigenvalue weighted by Gasteiger charge is 2.17. The average Bonchev–Trinajstić information content (AvgIpc) is 2.45. The molecule has 0 unspecified atom stereocenters. The summed E-state index contributed by atoms with van der Waals surface area (Å²) in [7, 11) is 4.17. The van der Waals surface area contributed by atoms with E-state index in [9.17, 15) is 0 Å². The lowest BCUT2D eigenvalue weighted by Gasteiger charge is -2.33. The van der Waals surface area contributed by atoms with Gasteiger partial charge in [-0.3, -0.25) is 0 Å². The van der Waals surface area contributed by atoms with Crippen molar-refractivity contribution < 1.29 is 4.74 Å². The van der Waals surface area contributed by atoms with Crippen molar-refractivity contribution in [1.82, 2.24) is 4.90 Å². The van der Waals surface area contributed by atoms with Gasteiger partial charge >= 0.3 is 0 Å². The molecule has 4 heteroatoms. The molecule has 1 aromatic carbocycles. The Morgan fingerprint density at radius 1 is 1.29 bits per heavy atom.